The Morgan fingerprint density at radius 2 is 1.69 bits per heavy atom. The van der Waals surface area contributed by atoms with Gasteiger partial charge in [-0.1, -0.05) is 42.5 Å². The summed E-state index contributed by atoms with van der Waals surface area (Å²) in [5, 5.41) is 3.23. The Balaban J connectivity index is 1.71. The molecule has 5 rings (SSSR count). The monoisotopic (exact) mass is 536 g/mol. The maximum absolute atomic E-state index is 14.0. The minimum absolute atomic E-state index is 0.0362. The molecule has 0 radical (unpaired) electrons. The van der Waals surface area contributed by atoms with Gasteiger partial charge in [0.05, 0.1) is 31.1 Å². The lowest BCUT2D eigenvalue weighted by Gasteiger charge is -2.35. The van der Waals surface area contributed by atoms with Gasteiger partial charge in [0.1, 0.15) is 11.5 Å². The third-order valence-corrected chi connectivity index (χ3v) is 7.04. The van der Waals surface area contributed by atoms with Gasteiger partial charge in [-0.3, -0.25) is 14.5 Å². The van der Waals surface area contributed by atoms with Gasteiger partial charge >= 0.3 is 12.1 Å². The number of amides is 1. The molecule has 9 heteroatoms. The maximum Gasteiger partial charge on any atom is 0.471 e. The van der Waals surface area contributed by atoms with Gasteiger partial charge in [-0.15, -0.1) is 0 Å². The molecule has 3 aromatic rings. The van der Waals surface area contributed by atoms with Crippen LogP contribution in [0.3, 0.4) is 0 Å². The van der Waals surface area contributed by atoms with Gasteiger partial charge in [0, 0.05) is 23.6 Å². The summed E-state index contributed by atoms with van der Waals surface area (Å²) in [6.07, 6.45) is -4.76. The van der Waals surface area contributed by atoms with E-state index in [0.29, 0.717) is 46.4 Å². The third-order valence-electron chi connectivity index (χ3n) is 7.04. The van der Waals surface area contributed by atoms with Crippen LogP contribution < -0.4 is 19.7 Å². The number of hydrogen-bond acceptors (Lipinski definition) is 5. The first-order valence-electron chi connectivity index (χ1n) is 12.6. The molecule has 1 heterocycles. The molecule has 6 nitrogen and oxygen atoms in total. The summed E-state index contributed by atoms with van der Waals surface area (Å²) < 4.78 is 53.2. The van der Waals surface area contributed by atoms with E-state index in [9.17, 15) is 22.8 Å². The molecule has 0 saturated carbocycles. The number of benzene rings is 3. The van der Waals surface area contributed by atoms with Gasteiger partial charge in [-0.25, -0.2) is 0 Å². The van der Waals surface area contributed by atoms with Crippen LogP contribution in [0.25, 0.3) is 0 Å². The molecule has 3 aromatic carbocycles. The highest BCUT2D eigenvalue weighted by Crippen LogP contribution is 2.49. The minimum atomic E-state index is -5.17. The van der Waals surface area contributed by atoms with Crippen LogP contribution in [0.2, 0.25) is 0 Å². The Labute approximate surface area is 224 Å². The Kier molecular flexibility index (Phi) is 7.08. The number of alkyl halides is 3. The van der Waals surface area contributed by atoms with Crippen molar-refractivity contribution in [3.8, 4) is 11.5 Å². The Hall–Kier alpha value is -4.27. The SMILES string of the molecule is CCOc1ccccc1[C@H]1CC(=O)C2=C(C1)Nc1ccccc1N(C(=O)C(F)(F)F)[C@@H]2c1ccc(OC)cc1. The fourth-order valence-electron chi connectivity index (χ4n) is 5.38. The molecule has 0 fully saturated rings. The number of ketones is 1. The van der Waals surface area contributed by atoms with Crippen molar-refractivity contribution in [2.75, 3.05) is 23.9 Å². The zero-order valence-corrected chi connectivity index (χ0v) is 21.4. The number of rotatable bonds is 5. The molecule has 0 bridgehead atoms. The predicted molar refractivity (Wildman–Crippen MR) is 141 cm³/mol. The number of carbonyl (C=O) groups is 2. The summed E-state index contributed by atoms with van der Waals surface area (Å²) >= 11 is 0. The number of methoxy groups -OCH3 is 1. The second-order valence-corrected chi connectivity index (χ2v) is 9.38. The molecule has 1 amide bonds. The van der Waals surface area contributed by atoms with Gasteiger partial charge in [0.2, 0.25) is 0 Å². The largest absolute Gasteiger partial charge is 0.497 e. The number of halogens is 3. The maximum atomic E-state index is 14.0. The van der Waals surface area contributed by atoms with E-state index in [4.69, 9.17) is 9.47 Å². The van der Waals surface area contributed by atoms with Crippen molar-refractivity contribution in [3.05, 3.63) is 95.2 Å². The third kappa shape index (κ3) is 4.96. The van der Waals surface area contributed by atoms with Crippen LogP contribution in [0.1, 0.15) is 42.9 Å². The quantitative estimate of drug-likeness (QED) is 0.400. The molecule has 1 aliphatic heterocycles. The van der Waals surface area contributed by atoms with Gasteiger partial charge in [0.15, 0.2) is 5.78 Å². The predicted octanol–water partition coefficient (Wildman–Crippen LogP) is 6.56. The van der Waals surface area contributed by atoms with Gasteiger partial charge in [-0.2, -0.15) is 13.2 Å². The fraction of sp³-hybridized carbons (Fsp3) is 0.267. The zero-order chi connectivity index (χ0) is 27.7. The number of hydrogen-bond donors (Lipinski definition) is 1. The molecule has 2 atom stereocenters. The van der Waals surface area contributed by atoms with Crippen LogP contribution in [0.4, 0.5) is 24.5 Å². The van der Waals surface area contributed by atoms with Gasteiger partial charge in [-0.05, 0) is 54.8 Å². The van der Waals surface area contributed by atoms with Crippen LogP contribution >= 0.6 is 0 Å². The zero-order valence-electron chi connectivity index (χ0n) is 21.4. The highest BCUT2D eigenvalue weighted by Gasteiger charge is 2.50. The lowest BCUT2D eigenvalue weighted by atomic mass is 9.78. The number of carbonyl (C=O) groups excluding carboxylic acids is 2. The molecule has 0 saturated heterocycles. The van der Waals surface area contributed by atoms with Crippen LogP contribution in [0.15, 0.2) is 84.1 Å². The van der Waals surface area contributed by atoms with Gasteiger partial charge in [0.25, 0.3) is 0 Å². The minimum Gasteiger partial charge on any atom is -0.497 e. The highest BCUT2D eigenvalue weighted by atomic mass is 19.4. The van der Waals surface area contributed by atoms with E-state index in [1.54, 1.807) is 42.5 Å². The first-order valence-corrected chi connectivity index (χ1v) is 12.6. The van der Waals surface area contributed by atoms with Crippen molar-refractivity contribution in [2.24, 2.45) is 0 Å². The number of nitrogens with zero attached hydrogens (tertiary/aromatic N) is 1. The Morgan fingerprint density at radius 3 is 2.38 bits per heavy atom. The first-order chi connectivity index (χ1) is 18.7. The van der Waals surface area contributed by atoms with Crippen molar-refractivity contribution in [3.63, 3.8) is 0 Å². The molecule has 2 aliphatic rings. The normalized spacial score (nSPS) is 19.0. The average molecular weight is 537 g/mol. The molecule has 202 valence electrons. The average Bonchev–Trinajstić information content (AvgIpc) is 3.07. The van der Waals surface area contributed by atoms with E-state index in [0.717, 1.165) is 5.56 Å². The topological polar surface area (TPSA) is 67.9 Å². The summed E-state index contributed by atoms with van der Waals surface area (Å²) in [5.74, 6) is -1.50. The summed E-state index contributed by atoms with van der Waals surface area (Å²) in [5.41, 5.74) is 2.18. The van der Waals surface area contributed by atoms with Crippen LogP contribution in [-0.2, 0) is 9.59 Å². The van der Waals surface area contributed by atoms with E-state index < -0.39 is 18.1 Å². The highest BCUT2D eigenvalue weighted by molar-refractivity contribution is 6.07. The summed E-state index contributed by atoms with van der Waals surface area (Å²) in [7, 11) is 1.48. The smallest absolute Gasteiger partial charge is 0.471 e. The van der Waals surface area contributed by atoms with Crippen molar-refractivity contribution < 1.29 is 32.2 Å². The molecule has 1 N–H and O–H groups in total. The van der Waals surface area contributed by atoms with Crippen molar-refractivity contribution >= 4 is 23.1 Å². The van der Waals surface area contributed by atoms with Crippen molar-refractivity contribution in [1.29, 1.82) is 0 Å². The number of fused-ring (bicyclic) bond motifs is 1. The van der Waals surface area contributed by atoms with E-state index in [1.807, 2.05) is 31.2 Å². The number of allylic oxidation sites excluding steroid dienone is 1. The van der Waals surface area contributed by atoms with Crippen molar-refractivity contribution in [2.45, 2.75) is 37.9 Å². The molecule has 0 spiro atoms. The second-order valence-electron chi connectivity index (χ2n) is 9.38. The molecule has 0 unspecified atom stereocenters. The Bertz CT molecular complexity index is 1430. The van der Waals surface area contributed by atoms with E-state index in [2.05, 4.69) is 5.32 Å². The standard InChI is InChI=1S/C30H27F3N2O4/c1-3-39-26-11-7-4-8-21(26)19-16-23-27(25(36)17-19)28(18-12-14-20(38-2)15-13-18)35(29(37)30(31,32)33)24-10-6-5-9-22(24)34-23/h4-15,19,28,34H,3,16-17H2,1-2H3/t19-,28-/m1/s1. The van der Waals surface area contributed by atoms with Crippen LogP contribution in [-0.4, -0.2) is 31.6 Å². The molecule has 1 aliphatic carbocycles. The molecular formula is C30H27F3N2O4. The summed E-state index contributed by atoms with van der Waals surface area (Å²) in [4.78, 5) is 27.6. The first kappa shape index (κ1) is 26.3. The Morgan fingerprint density at radius 1 is 1.00 bits per heavy atom. The van der Waals surface area contributed by atoms with Gasteiger partial charge < -0.3 is 14.8 Å². The summed E-state index contributed by atoms with van der Waals surface area (Å²) in [6.45, 7) is 2.32. The number of anilines is 2. The number of para-hydroxylation sites is 3. The fourth-order valence-corrected chi connectivity index (χ4v) is 5.38. The van der Waals surface area contributed by atoms with E-state index in [-0.39, 0.29) is 29.4 Å². The molecular weight excluding hydrogens is 509 g/mol. The van der Waals surface area contributed by atoms with E-state index in [1.165, 1.54) is 13.2 Å². The molecule has 0 aromatic heterocycles. The lowest BCUT2D eigenvalue weighted by molar-refractivity contribution is -0.170. The second kappa shape index (κ2) is 10.5. The lowest BCUT2D eigenvalue weighted by Crippen LogP contribution is -2.45. The van der Waals surface area contributed by atoms with Crippen LogP contribution in [0.5, 0.6) is 11.5 Å². The van der Waals surface area contributed by atoms with Crippen molar-refractivity contribution in [1.82, 2.24) is 0 Å². The molecule has 39 heavy (non-hydrogen) atoms. The number of nitrogens with one attached hydrogen (secondary N) is 1. The van der Waals surface area contributed by atoms with E-state index >= 15 is 0 Å². The van der Waals surface area contributed by atoms with Crippen LogP contribution in [0, 0.1) is 0 Å². The summed E-state index contributed by atoms with van der Waals surface area (Å²) in [6, 6.07) is 18.8. The number of ether oxygens (including phenoxy) is 2. The number of Topliss-reactive ketones (excluding diaryl/α,β-unsaturated/α-hetero) is 1.